The number of imidazole rings is 1. The molecule has 2 saturated heterocycles. The molecule has 7 heteroatoms. The minimum Gasteiger partial charge on any atom is -0.355 e. The Kier molecular flexibility index (Phi) is 2.87. The van der Waals surface area contributed by atoms with Crippen LogP contribution in [0.3, 0.4) is 0 Å². The molecule has 0 aliphatic carbocycles. The molecule has 2 fully saturated rings. The van der Waals surface area contributed by atoms with E-state index in [0.29, 0.717) is 11.0 Å². The van der Waals surface area contributed by atoms with Gasteiger partial charge in [-0.1, -0.05) is 0 Å². The van der Waals surface area contributed by atoms with Crippen LogP contribution in [0.2, 0.25) is 0 Å². The molecule has 0 N–H and O–H groups in total. The Labute approximate surface area is 133 Å². The molecule has 1 spiro atoms. The van der Waals surface area contributed by atoms with Gasteiger partial charge in [0.15, 0.2) is 5.11 Å². The molecular formula is C15H14N6S. The van der Waals surface area contributed by atoms with E-state index < -0.39 is 0 Å². The highest BCUT2D eigenvalue weighted by atomic mass is 32.1. The number of likely N-dealkylation sites (tertiary alicyclic amines) is 1. The van der Waals surface area contributed by atoms with Gasteiger partial charge in [-0.3, -0.25) is 4.57 Å². The zero-order valence-electron chi connectivity index (χ0n) is 11.9. The Morgan fingerprint density at radius 1 is 1.27 bits per heavy atom. The van der Waals surface area contributed by atoms with Crippen molar-refractivity contribution in [3.05, 3.63) is 42.6 Å². The van der Waals surface area contributed by atoms with Crippen molar-refractivity contribution in [1.29, 1.82) is 5.26 Å². The molecule has 0 atom stereocenters. The molecule has 0 aromatic carbocycles. The fourth-order valence-corrected chi connectivity index (χ4v) is 3.44. The van der Waals surface area contributed by atoms with Crippen LogP contribution >= 0.6 is 12.2 Å². The Bertz CT molecular complexity index is 731. The van der Waals surface area contributed by atoms with Gasteiger partial charge in [0, 0.05) is 50.2 Å². The van der Waals surface area contributed by atoms with Crippen LogP contribution in [-0.4, -0.2) is 50.7 Å². The molecule has 0 radical (unpaired) electrons. The Morgan fingerprint density at radius 3 is 2.68 bits per heavy atom. The molecule has 2 aliphatic rings. The number of hydrogen-bond acceptors (Lipinski definition) is 5. The minimum atomic E-state index is 0.334. The predicted molar refractivity (Wildman–Crippen MR) is 85.4 cm³/mol. The van der Waals surface area contributed by atoms with Gasteiger partial charge in [0.2, 0.25) is 0 Å². The number of aromatic nitrogens is 3. The topological polar surface area (TPSA) is 61.0 Å². The largest absolute Gasteiger partial charge is 0.355 e. The van der Waals surface area contributed by atoms with E-state index in [2.05, 4.69) is 25.8 Å². The fraction of sp³-hybridized carbons (Fsp3) is 0.333. The molecule has 0 bridgehead atoms. The maximum Gasteiger partial charge on any atom is 0.181 e. The van der Waals surface area contributed by atoms with Crippen LogP contribution in [0.25, 0.3) is 0 Å². The van der Waals surface area contributed by atoms with Gasteiger partial charge in [-0.25, -0.2) is 9.97 Å². The number of nitriles is 1. The molecule has 2 aromatic heterocycles. The zero-order valence-corrected chi connectivity index (χ0v) is 12.7. The number of nitrogens with zero attached hydrogens (tertiary/aromatic N) is 6. The van der Waals surface area contributed by atoms with E-state index in [-0.39, 0.29) is 0 Å². The van der Waals surface area contributed by atoms with Crippen LogP contribution in [0.15, 0.2) is 37.1 Å². The lowest BCUT2D eigenvalue weighted by molar-refractivity contribution is 0.0285. The number of pyridine rings is 1. The maximum absolute atomic E-state index is 8.80. The average Bonchev–Trinajstić information content (AvgIpc) is 2.99. The predicted octanol–water partition coefficient (Wildman–Crippen LogP) is 1.10. The first kappa shape index (κ1) is 13.2. The molecule has 0 saturated carbocycles. The van der Waals surface area contributed by atoms with Crippen molar-refractivity contribution >= 4 is 23.1 Å². The number of rotatable bonds is 1. The van der Waals surface area contributed by atoms with Gasteiger partial charge in [0.1, 0.15) is 18.2 Å². The van der Waals surface area contributed by atoms with Gasteiger partial charge in [-0.2, -0.15) is 5.26 Å². The number of thiocarbonyl (C=S) groups is 1. The van der Waals surface area contributed by atoms with Crippen LogP contribution < -0.4 is 4.90 Å². The van der Waals surface area contributed by atoms with Crippen molar-refractivity contribution in [3.63, 3.8) is 0 Å². The summed E-state index contributed by atoms with van der Waals surface area (Å²) < 4.78 is 1.88. The molecule has 2 aromatic rings. The number of anilines is 1. The van der Waals surface area contributed by atoms with Gasteiger partial charge < -0.3 is 9.80 Å². The normalized spacial score (nSPS) is 18.5. The fourth-order valence-electron chi connectivity index (χ4n) is 3.20. The Balaban J connectivity index is 1.35. The van der Waals surface area contributed by atoms with Crippen molar-refractivity contribution < 1.29 is 0 Å². The second kappa shape index (κ2) is 4.78. The van der Waals surface area contributed by atoms with E-state index >= 15 is 0 Å². The van der Waals surface area contributed by atoms with E-state index in [4.69, 9.17) is 17.5 Å². The first-order chi connectivity index (χ1) is 10.7. The molecule has 22 heavy (non-hydrogen) atoms. The summed E-state index contributed by atoms with van der Waals surface area (Å²) in [6, 6.07) is 5.82. The zero-order chi connectivity index (χ0) is 15.2. The molecule has 0 amide bonds. The van der Waals surface area contributed by atoms with E-state index in [1.165, 1.54) is 0 Å². The van der Waals surface area contributed by atoms with E-state index in [1.54, 1.807) is 18.7 Å². The van der Waals surface area contributed by atoms with Crippen molar-refractivity contribution in [1.82, 2.24) is 19.4 Å². The molecule has 4 heterocycles. The van der Waals surface area contributed by atoms with Crippen LogP contribution in [0.1, 0.15) is 5.56 Å². The molecular weight excluding hydrogens is 296 g/mol. The lowest BCUT2D eigenvalue weighted by Crippen LogP contribution is -2.73. The molecule has 4 rings (SSSR count). The molecule has 110 valence electrons. The van der Waals surface area contributed by atoms with Crippen molar-refractivity contribution in [2.24, 2.45) is 5.41 Å². The van der Waals surface area contributed by atoms with Gasteiger partial charge in [0.25, 0.3) is 0 Å². The van der Waals surface area contributed by atoms with Crippen molar-refractivity contribution in [3.8, 4) is 6.07 Å². The first-order valence-corrected chi connectivity index (χ1v) is 7.48. The lowest BCUT2D eigenvalue weighted by atomic mass is 9.73. The summed E-state index contributed by atoms with van der Waals surface area (Å²) in [5.74, 6) is 0.945. The SMILES string of the molecule is N#Cc1ccc(N2CC3(CN(C(=S)n4ccnc4)C3)C2)nc1. The van der Waals surface area contributed by atoms with Crippen LogP contribution in [0.4, 0.5) is 5.82 Å². The molecule has 6 nitrogen and oxygen atoms in total. The van der Waals surface area contributed by atoms with Crippen LogP contribution in [0.5, 0.6) is 0 Å². The average molecular weight is 310 g/mol. The highest BCUT2D eigenvalue weighted by Gasteiger charge is 2.52. The summed E-state index contributed by atoms with van der Waals surface area (Å²) in [6.45, 7) is 3.96. The summed E-state index contributed by atoms with van der Waals surface area (Å²) in [5.41, 5.74) is 0.930. The van der Waals surface area contributed by atoms with Crippen LogP contribution in [-0.2, 0) is 0 Å². The molecule has 0 unspecified atom stereocenters. The lowest BCUT2D eigenvalue weighted by Gasteiger charge is -2.61. The third-order valence-corrected chi connectivity index (χ3v) is 4.77. The van der Waals surface area contributed by atoms with Gasteiger partial charge in [-0.05, 0) is 24.4 Å². The first-order valence-electron chi connectivity index (χ1n) is 7.07. The summed E-state index contributed by atoms with van der Waals surface area (Å²) in [7, 11) is 0. The second-order valence-corrected chi connectivity index (χ2v) is 6.35. The number of hydrogen-bond donors (Lipinski definition) is 0. The van der Waals surface area contributed by atoms with Gasteiger partial charge in [-0.15, -0.1) is 0 Å². The van der Waals surface area contributed by atoms with E-state index in [1.807, 2.05) is 22.9 Å². The van der Waals surface area contributed by atoms with Crippen LogP contribution in [0, 0.1) is 16.7 Å². The van der Waals surface area contributed by atoms with E-state index in [9.17, 15) is 0 Å². The maximum atomic E-state index is 8.80. The highest BCUT2D eigenvalue weighted by Crippen LogP contribution is 2.41. The molecule has 2 aliphatic heterocycles. The smallest absolute Gasteiger partial charge is 0.181 e. The summed E-state index contributed by atoms with van der Waals surface area (Å²) in [5, 5.41) is 9.62. The summed E-state index contributed by atoms with van der Waals surface area (Å²) in [4.78, 5) is 12.8. The van der Waals surface area contributed by atoms with Gasteiger partial charge >= 0.3 is 0 Å². The Hall–Kier alpha value is -2.46. The second-order valence-electron chi connectivity index (χ2n) is 5.98. The van der Waals surface area contributed by atoms with Gasteiger partial charge in [0.05, 0.1) is 5.56 Å². The third-order valence-electron chi connectivity index (χ3n) is 4.30. The summed E-state index contributed by atoms with van der Waals surface area (Å²) >= 11 is 5.46. The highest BCUT2D eigenvalue weighted by molar-refractivity contribution is 7.80. The summed E-state index contributed by atoms with van der Waals surface area (Å²) in [6.07, 6.45) is 6.98. The quantitative estimate of drug-likeness (QED) is 0.735. The Morgan fingerprint density at radius 2 is 2.09 bits per heavy atom. The monoisotopic (exact) mass is 310 g/mol. The van der Waals surface area contributed by atoms with Crippen molar-refractivity contribution in [2.75, 3.05) is 31.1 Å². The van der Waals surface area contributed by atoms with E-state index in [0.717, 1.165) is 37.1 Å². The minimum absolute atomic E-state index is 0.334. The standard InChI is InChI=1S/C15H14N6S/c16-5-12-1-2-13(18-6-12)20-7-15(8-20)9-21(10-15)14(22)19-4-3-17-11-19/h1-4,6,11H,7-10H2. The van der Waals surface area contributed by atoms with Crippen molar-refractivity contribution in [2.45, 2.75) is 0 Å². The third kappa shape index (κ3) is 2.04.